The van der Waals surface area contributed by atoms with E-state index in [0.29, 0.717) is 10.9 Å². The van der Waals surface area contributed by atoms with Crippen LogP contribution in [0.5, 0.6) is 0 Å². The fourth-order valence-electron chi connectivity index (χ4n) is 2.01. The summed E-state index contributed by atoms with van der Waals surface area (Å²) in [7, 11) is -3.70. The molecule has 0 radical (unpaired) electrons. The molecule has 6 nitrogen and oxygen atoms in total. The molecule has 1 aromatic heterocycles. The van der Waals surface area contributed by atoms with Crippen LogP contribution in [0, 0.1) is 5.92 Å². The summed E-state index contributed by atoms with van der Waals surface area (Å²) in [5.41, 5.74) is 0.596. The Balaban J connectivity index is 2.24. The molecule has 0 aliphatic heterocycles. The fourth-order valence-corrected chi connectivity index (χ4v) is 3.39. The first kappa shape index (κ1) is 15.4. The van der Waals surface area contributed by atoms with E-state index in [0.717, 1.165) is 0 Å². The van der Waals surface area contributed by atoms with Gasteiger partial charge in [0.25, 0.3) is 0 Å². The number of carboxylic acids is 1. The second-order valence-electron chi connectivity index (χ2n) is 4.88. The van der Waals surface area contributed by atoms with Crippen molar-refractivity contribution < 1.29 is 18.3 Å². The Bertz CT molecular complexity index is 753. The number of nitrogens with one attached hydrogen (secondary N) is 1. The summed E-state index contributed by atoms with van der Waals surface area (Å²) in [6, 6.07) is 8.24. The van der Waals surface area contributed by atoms with Gasteiger partial charge in [0.2, 0.25) is 10.0 Å². The number of carboxylic acid groups (broad SMARTS) is 1. The first-order valence-corrected chi connectivity index (χ1v) is 7.93. The number of hydrogen-bond acceptors (Lipinski definition) is 4. The Morgan fingerprint density at radius 1 is 1.33 bits per heavy atom. The van der Waals surface area contributed by atoms with E-state index in [4.69, 9.17) is 5.11 Å². The molecule has 2 rings (SSSR count). The molecular formula is C14H16N2O4S. The van der Waals surface area contributed by atoms with Crippen LogP contribution in [0.4, 0.5) is 0 Å². The average molecular weight is 308 g/mol. The average Bonchev–Trinajstić information content (AvgIpc) is 2.44. The van der Waals surface area contributed by atoms with Crippen LogP contribution in [-0.4, -0.2) is 31.0 Å². The highest BCUT2D eigenvalue weighted by molar-refractivity contribution is 7.89. The van der Waals surface area contributed by atoms with E-state index in [9.17, 15) is 13.2 Å². The van der Waals surface area contributed by atoms with Gasteiger partial charge in [-0.05, 0) is 30.2 Å². The predicted molar refractivity (Wildman–Crippen MR) is 78.3 cm³/mol. The zero-order chi connectivity index (χ0) is 15.5. The van der Waals surface area contributed by atoms with Crippen molar-refractivity contribution >= 4 is 26.9 Å². The number of fused-ring (bicyclic) bond motifs is 1. The van der Waals surface area contributed by atoms with Gasteiger partial charge in [-0.25, -0.2) is 13.1 Å². The van der Waals surface area contributed by atoms with Gasteiger partial charge in [-0.1, -0.05) is 13.0 Å². The van der Waals surface area contributed by atoms with Crippen molar-refractivity contribution in [2.75, 3.05) is 6.54 Å². The number of hydrogen-bond donors (Lipinski definition) is 2. The Hall–Kier alpha value is -1.99. The Morgan fingerprint density at radius 3 is 2.81 bits per heavy atom. The van der Waals surface area contributed by atoms with Crippen LogP contribution in [0.2, 0.25) is 0 Å². The maximum Gasteiger partial charge on any atom is 0.303 e. The number of rotatable bonds is 6. The van der Waals surface area contributed by atoms with E-state index in [-0.39, 0.29) is 23.8 Å². The second kappa shape index (κ2) is 6.19. The van der Waals surface area contributed by atoms with Crippen LogP contribution in [-0.2, 0) is 14.8 Å². The Morgan fingerprint density at radius 2 is 2.10 bits per heavy atom. The number of aromatic nitrogens is 1. The van der Waals surface area contributed by atoms with Gasteiger partial charge in [0.15, 0.2) is 0 Å². The normalized spacial score (nSPS) is 13.2. The van der Waals surface area contributed by atoms with Gasteiger partial charge in [0.1, 0.15) is 0 Å². The smallest absolute Gasteiger partial charge is 0.303 e. The van der Waals surface area contributed by atoms with Crippen molar-refractivity contribution in [1.82, 2.24) is 9.71 Å². The Kier molecular flexibility index (Phi) is 4.54. The van der Waals surface area contributed by atoms with E-state index >= 15 is 0 Å². The molecule has 1 aromatic carbocycles. The molecule has 0 fully saturated rings. The third-order valence-corrected chi connectivity index (χ3v) is 4.52. The predicted octanol–water partition coefficient (Wildman–Crippen LogP) is 1.62. The first-order chi connectivity index (χ1) is 9.90. The molecule has 0 aliphatic rings. The van der Waals surface area contributed by atoms with Crippen LogP contribution in [0.3, 0.4) is 0 Å². The number of pyridine rings is 1. The van der Waals surface area contributed by atoms with E-state index in [1.807, 2.05) is 0 Å². The Labute approximate surface area is 122 Å². The summed E-state index contributed by atoms with van der Waals surface area (Å²) in [4.78, 5) is 14.9. The molecule has 7 heteroatoms. The quantitative estimate of drug-likeness (QED) is 0.845. The van der Waals surface area contributed by atoms with Crippen molar-refractivity contribution in [2.45, 2.75) is 18.2 Å². The lowest BCUT2D eigenvalue weighted by Gasteiger charge is -2.12. The van der Waals surface area contributed by atoms with Gasteiger partial charge >= 0.3 is 5.97 Å². The molecule has 0 spiro atoms. The van der Waals surface area contributed by atoms with Gasteiger partial charge in [0, 0.05) is 24.5 Å². The molecular weight excluding hydrogens is 292 g/mol. The molecule has 0 aliphatic carbocycles. The number of sulfonamides is 1. The fraction of sp³-hybridized carbons (Fsp3) is 0.286. The summed E-state index contributed by atoms with van der Waals surface area (Å²) in [6.45, 7) is 1.76. The summed E-state index contributed by atoms with van der Waals surface area (Å²) in [5.74, 6) is -1.23. The van der Waals surface area contributed by atoms with Gasteiger partial charge in [0.05, 0.1) is 10.4 Å². The van der Waals surface area contributed by atoms with Crippen LogP contribution >= 0.6 is 0 Å². The molecule has 1 atom stereocenters. The minimum atomic E-state index is -3.70. The SMILES string of the molecule is CC(CNS(=O)(=O)c1cccc2ncccc12)CC(=O)O. The number of carbonyl (C=O) groups is 1. The molecule has 0 amide bonds. The molecule has 0 saturated carbocycles. The van der Waals surface area contributed by atoms with E-state index < -0.39 is 16.0 Å². The van der Waals surface area contributed by atoms with Crippen LogP contribution in [0.1, 0.15) is 13.3 Å². The molecule has 21 heavy (non-hydrogen) atoms. The lowest BCUT2D eigenvalue weighted by Crippen LogP contribution is -2.29. The van der Waals surface area contributed by atoms with Crippen LogP contribution in [0.25, 0.3) is 10.9 Å². The monoisotopic (exact) mass is 308 g/mol. The highest BCUT2D eigenvalue weighted by atomic mass is 32.2. The summed E-state index contributed by atoms with van der Waals surface area (Å²) < 4.78 is 27.2. The third-order valence-electron chi connectivity index (χ3n) is 3.04. The second-order valence-corrected chi connectivity index (χ2v) is 6.62. The summed E-state index contributed by atoms with van der Waals surface area (Å²) in [6.07, 6.45) is 1.51. The van der Waals surface area contributed by atoms with Gasteiger partial charge in [-0.2, -0.15) is 0 Å². The zero-order valence-corrected chi connectivity index (χ0v) is 12.3. The lowest BCUT2D eigenvalue weighted by molar-refractivity contribution is -0.137. The largest absolute Gasteiger partial charge is 0.481 e. The zero-order valence-electron chi connectivity index (χ0n) is 11.5. The van der Waals surface area contributed by atoms with Crippen molar-refractivity contribution in [3.63, 3.8) is 0 Å². The third kappa shape index (κ3) is 3.77. The van der Waals surface area contributed by atoms with Gasteiger partial charge in [-0.15, -0.1) is 0 Å². The lowest BCUT2D eigenvalue weighted by atomic mass is 10.1. The van der Waals surface area contributed by atoms with E-state index in [2.05, 4.69) is 9.71 Å². The molecule has 2 aromatic rings. The highest BCUT2D eigenvalue weighted by Gasteiger charge is 2.18. The topological polar surface area (TPSA) is 96.4 Å². The van der Waals surface area contributed by atoms with Gasteiger partial charge in [-0.3, -0.25) is 9.78 Å². The molecule has 0 saturated heterocycles. The van der Waals surface area contributed by atoms with E-state index in [1.54, 1.807) is 37.4 Å². The van der Waals surface area contributed by atoms with Gasteiger partial charge < -0.3 is 5.11 Å². The molecule has 1 unspecified atom stereocenters. The van der Waals surface area contributed by atoms with Crippen LogP contribution in [0.15, 0.2) is 41.4 Å². The maximum atomic E-state index is 12.4. The number of aliphatic carboxylic acids is 1. The number of nitrogens with zero attached hydrogens (tertiary/aromatic N) is 1. The van der Waals surface area contributed by atoms with Crippen molar-refractivity contribution in [3.8, 4) is 0 Å². The molecule has 1 heterocycles. The highest BCUT2D eigenvalue weighted by Crippen LogP contribution is 2.21. The summed E-state index contributed by atoms with van der Waals surface area (Å²) in [5, 5.41) is 9.23. The molecule has 112 valence electrons. The van der Waals surface area contributed by atoms with Crippen LogP contribution < -0.4 is 4.72 Å². The van der Waals surface area contributed by atoms with E-state index in [1.165, 1.54) is 6.07 Å². The van der Waals surface area contributed by atoms with Crippen molar-refractivity contribution in [3.05, 3.63) is 36.5 Å². The standard InChI is InChI=1S/C14H16N2O4S/c1-10(8-14(17)18)9-16-21(19,20)13-6-2-5-12-11(13)4-3-7-15-12/h2-7,10,16H,8-9H2,1H3,(H,17,18). The number of benzene rings is 1. The molecule has 2 N–H and O–H groups in total. The minimum Gasteiger partial charge on any atom is -0.481 e. The van der Waals surface area contributed by atoms with Crippen molar-refractivity contribution in [2.24, 2.45) is 5.92 Å². The maximum absolute atomic E-state index is 12.4. The molecule has 0 bridgehead atoms. The minimum absolute atomic E-state index is 0.0747. The summed E-state index contributed by atoms with van der Waals surface area (Å²) >= 11 is 0. The van der Waals surface area contributed by atoms with Crippen molar-refractivity contribution in [1.29, 1.82) is 0 Å². The first-order valence-electron chi connectivity index (χ1n) is 6.45.